The Morgan fingerprint density at radius 3 is 2.60 bits per heavy atom. The Kier molecular flexibility index (Phi) is 5.61. The largest absolute Gasteiger partial charge is 0.306 e. The van der Waals surface area contributed by atoms with E-state index in [1.165, 1.54) is 6.07 Å². The molecule has 0 aliphatic carbocycles. The molecule has 2 rings (SSSR count). The van der Waals surface area contributed by atoms with Gasteiger partial charge in [0, 0.05) is 19.5 Å². The lowest BCUT2D eigenvalue weighted by Gasteiger charge is -2.21. The minimum atomic E-state index is -0.259. The molecule has 0 saturated carbocycles. The third-order valence-electron chi connectivity index (χ3n) is 2.95. The van der Waals surface area contributed by atoms with Crippen LogP contribution in [0.2, 0.25) is 5.02 Å². The van der Waals surface area contributed by atoms with Crippen LogP contribution in [0.25, 0.3) is 0 Å². The van der Waals surface area contributed by atoms with Crippen LogP contribution in [-0.2, 0) is 0 Å². The molecule has 0 bridgehead atoms. The summed E-state index contributed by atoms with van der Waals surface area (Å²) in [7, 11) is 0. The number of nitrogens with one attached hydrogen (secondary N) is 1. The lowest BCUT2D eigenvalue weighted by atomic mass is 9.98. The van der Waals surface area contributed by atoms with E-state index in [0.29, 0.717) is 10.6 Å². The summed E-state index contributed by atoms with van der Waals surface area (Å²) in [5.74, 6) is -0.244. The molecule has 0 spiro atoms. The van der Waals surface area contributed by atoms with Crippen LogP contribution in [0, 0.1) is 5.82 Å². The summed E-state index contributed by atoms with van der Waals surface area (Å²) in [5.41, 5.74) is 1.50. The highest BCUT2D eigenvalue weighted by Gasteiger charge is 2.20. The highest BCUT2D eigenvalue weighted by atomic mass is 79.9. The van der Waals surface area contributed by atoms with Crippen molar-refractivity contribution in [3.63, 3.8) is 0 Å². The highest BCUT2D eigenvalue weighted by Crippen LogP contribution is 2.33. The van der Waals surface area contributed by atoms with Crippen LogP contribution >= 0.6 is 43.5 Å². The van der Waals surface area contributed by atoms with E-state index >= 15 is 0 Å². The van der Waals surface area contributed by atoms with Crippen LogP contribution in [0.4, 0.5) is 4.39 Å². The minimum absolute atomic E-state index is 0.244. The van der Waals surface area contributed by atoms with Crippen molar-refractivity contribution in [2.24, 2.45) is 0 Å². The summed E-state index contributed by atoms with van der Waals surface area (Å²) < 4.78 is 15.9. The second-order valence-electron chi connectivity index (χ2n) is 4.32. The van der Waals surface area contributed by atoms with Crippen LogP contribution < -0.4 is 5.32 Å². The van der Waals surface area contributed by atoms with Gasteiger partial charge in [-0.2, -0.15) is 0 Å². The van der Waals surface area contributed by atoms with Crippen molar-refractivity contribution in [1.82, 2.24) is 5.32 Å². The Hall–Kier alpha value is -0.420. The molecule has 0 aromatic heterocycles. The number of benzene rings is 2. The molecule has 20 heavy (non-hydrogen) atoms. The van der Waals surface area contributed by atoms with Crippen LogP contribution in [0.3, 0.4) is 0 Å². The summed E-state index contributed by atoms with van der Waals surface area (Å²) in [6, 6.07) is 10.2. The Morgan fingerprint density at radius 2 is 1.90 bits per heavy atom. The van der Waals surface area contributed by atoms with Crippen molar-refractivity contribution < 1.29 is 4.39 Å². The molecular formula is C15H13Br2ClFN. The Labute approximate surface area is 139 Å². The monoisotopic (exact) mass is 419 g/mol. The first-order chi connectivity index (χ1) is 9.52. The Balaban J connectivity index is 2.55. The summed E-state index contributed by atoms with van der Waals surface area (Å²) in [5, 5.41) is 3.93. The molecule has 1 N–H and O–H groups in total. The van der Waals surface area contributed by atoms with Gasteiger partial charge in [-0.15, -0.1) is 0 Å². The Bertz CT molecular complexity index is 567. The quantitative estimate of drug-likeness (QED) is 0.667. The molecule has 1 atom stereocenters. The van der Waals surface area contributed by atoms with Crippen molar-refractivity contribution in [2.45, 2.75) is 13.0 Å². The maximum absolute atomic E-state index is 14.2. The van der Waals surface area contributed by atoms with Crippen molar-refractivity contribution in [2.75, 3.05) is 6.54 Å². The molecule has 1 unspecified atom stereocenters. The maximum atomic E-state index is 14.2. The molecule has 5 heteroatoms. The van der Waals surface area contributed by atoms with Gasteiger partial charge in [0.15, 0.2) is 0 Å². The second-order valence-corrected chi connectivity index (χ2v) is 6.53. The zero-order chi connectivity index (χ0) is 14.7. The summed E-state index contributed by atoms with van der Waals surface area (Å²) >= 11 is 13.0. The molecule has 0 radical (unpaired) electrons. The fourth-order valence-corrected chi connectivity index (χ4v) is 3.10. The van der Waals surface area contributed by atoms with E-state index in [-0.39, 0.29) is 11.9 Å². The van der Waals surface area contributed by atoms with Gasteiger partial charge < -0.3 is 5.32 Å². The van der Waals surface area contributed by atoms with Crippen LogP contribution in [-0.4, -0.2) is 6.54 Å². The molecule has 106 valence electrons. The predicted molar refractivity (Wildman–Crippen MR) is 88.8 cm³/mol. The van der Waals surface area contributed by atoms with Crippen molar-refractivity contribution in [1.29, 1.82) is 0 Å². The first-order valence-electron chi connectivity index (χ1n) is 6.16. The first kappa shape index (κ1) is 16.0. The van der Waals surface area contributed by atoms with E-state index in [4.69, 9.17) is 11.6 Å². The van der Waals surface area contributed by atoms with Crippen molar-refractivity contribution >= 4 is 43.5 Å². The predicted octanol–water partition coefficient (Wildman–Crippen LogP) is 5.70. The fourth-order valence-electron chi connectivity index (χ4n) is 2.06. The molecule has 0 aliphatic heterocycles. The summed E-state index contributed by atoms with van der Waals surface area (Å²) in [4.78, 5) is 0. The molecule has 1 nitrogen and oxygen atoms in total. The number of hydrogen-bond donors (Lipinski definition) is 1. The lowest BCUT2D eigenvalue weighted by molar-refractivity contribution is 0.557. The second kappa shape index (κ2) is 7.03. The van der Waals surface area contributed by atoms with Gasteiger partial charge in [-0.3, -0.25) is 0 Å². The first-order valence-corrected chi connectivity index (χ1v) is 8.12. The molecule has 0 aliphatic rings. The smallest absolute Gasteiger partial charge is 0.128 e. The number of hydrogen-bond acceptors (Lipinski definition) is 1. The fraction of sp³-hybridized carbons (Fsp3) is 0.200. The van der Waals surface area contributed by atoms with E-state index in [1.807, 2.05) is 19.1 Å². The van der Waals surface area contributed by atoms with Crippen LogP contribution in [0.1, 0.15) is 24.1 Å². The average molecular weight is 422 g/mol. The third kappa shape index (κ3) is 3.61. The highest BCUT2D eigenvalue weighted by molar-refractivity contribution is 9.10. The maximum Gasteiger partial charge on any atom is 0.128 e. The SMILES string of the molecule is CCNC(c1cc(Br)ccc1F)c1cc(Cl)ccc1Br. The van der Waals surface area contributed by atoms with Gasteiger partial charge in [0.25, 0.3) is 0 Å². The van der Waals surface area contributed by atoms with Gasteiger partial charge >= 0.3 is 0 Å². The molecule has 0 saturated heterocycles. The normalized spacial score (nSPS) is 12.4. The zero-order valence-corrected chi connectivity index (χ0v) is 14.7. The lowest BCUT2D eigenvalue weighted by Crippen LogP contribution is -2.23. The van der Waals surface area contributed by atoms with Gasteiger partial charge in [-0.05, 0) is 48.5 Å². The topological polar surface area (TPSA) is 12.0 Å². The van der Waals surface area contributed by atoms with Crippen molar-refractivity contribution in [3.05, 3.63) is 67.3 Å². The molecule has 2 aromatic rings. The standard InChI is InChI=1S/C15H13Br2ClFN/c1-2-20-15(11-8-10(18)4-5-13(11)17)12-7-9(16)3-6-14(12)19/h3-8,15,20H,2H2,1H3. The van der Waals surface area contributed by atoms with E-state index < -0.39 is 0 Å². The molecular weight excluding hydrogens is 408 g/mol. The van der Waals surface area contributed by atoms with E-state index in [9.17, 15) is 4.39 Å². The molecule has 0 heterocycles. The summed E-state index contributed by atoms with van der Waals surface area (Å²) in [6.07, 6.45) is 0. The molecule has 2 aromatic carbocycles. The zero-order valence-electron chi connectivity index (χ0n) is 10.8. The molecule has 0 amide bonds. The number of rotatable bonds is 4. The van der Waals surface area contributed by atoms with Gasteiger partial charge in [0.1, 0.15) is 5.82 Å². The van der Waals surface area contributed by atoms with E-state index in [1.54, 1.807) is 18.2 Å². The van der Waals surface area contributed by atoms with Gasteiger partial charge in [-0.25, -0.2) is 4.39 Å². The van der Waals surface area contributed by atoms with E-state index in [2.05, 4.69) is 37.2 Å². The van der Waals surface area contributed by atoms with Crippen LogP contribution in [0.15, 0.2) is 45.3 Å². The Morgan fingerprint density at radius 1 is 1.15 bits per heavy atom. The molecule has 0 fully saturated rings. The summed E-state index contributed by atoms with van der Waals surface area (Å²) in [6.45, 7) is 2.71. The van der Waals surface area contributed by atoms with Gasteiger partial charge in [0.2, 0.25) is 0 Å². The van der Waals surface area contributed by atoms with Gasteiger partial charge in [0.05, 0.1) is 6.04 Å². The number of halogens is 4. The van der Waals surface area contributed by atoms with Gasteiger partial charge in [-0.1, -0.05) is 50.4 Å². The average Bonchev–Trinajstić information content (AvgIpc) is 2.42. The van der Waals surface area contributed by atoms with E-state index in [0.717, 1.165) is 21.1 Å². The third-order valence-corrected chi connectivity index (χ3v) is 4.40. The minimum Gasteiger partial charge on any atom is -0.306 e. The van der Waals surface area contributed by atoms with Crippen molar-refractivity contribution in [3.8, 4) is 0 Å². The van der Waals surface area contributed by atoms with Crippen LogP contribution in [0.5, 0.6) is 0 Å².